The molecule has 100 valence electrons. The van der Waals surface area contributed by atoms with Crippen LogP contribution >= 0.6 is 11.6 Å². The molecule has 0 unspecified atom stereocenters. The van der Waals surface area contributed by atoms with Crippen molar-refractivity contribution >= 4 is 17.3 Å². The van der Waals surface area contributed by atoms with E-state index in [1.807, 2.05) is 0 Å². The van der Waals surface area contributed by atoms with Crippen LogP contribution in [0.25, 0.3) is 0 Å². The Balaban J connectivity index is 3.30. The molecule has 0 fully saturated rings. The van der Waals surface area contributed by atoms with E-state index in [0.29, 0.717) is 0 Å². The normalized spacial score (nSPS) is 11.2. The number of pyridine rings is 1. The van der Waals surface area contributed by atoms with Crippen molar-refractivity contribution in [2.24, 2.45) is 0 Å². The zero-order valence-electron chi connectivity index (χ0n) is 8.82. The second-order valence-corrected chi connectivity index (χ2v) is 3.19. The van der Waals surface area contributed by atoms with Crippen LogP contribution in [0, 0.1) is 10.1 Å². The highest BCUT2D eigenvalue weighted by Crippen LogP contribution is 2.34. The molecule has 0 spiro atoms. The van der Waals surface area contributed by atoms with E-state index in [9.17, 15) is 23.3 Å². The molecule has 0 bridgehead atoms. The molecule has 0 radical (unpaired) electrons. The van der Waals surface area contributed by atoms with Gasteiger partial charge in [-0.25, -0.2) is 0 Å². The fourth-order valence-corrected chi connectivity index (χ4v) is 1.28. The molecule has 0 amide bonds. The summed E-state index contributed by atoms with van der Waals surface area (Å²) in [6, 6.07) is 0.819. The molecule has 0 saturated carbocycles. The van der Waals surface area contributed by atoms with Crippen LogP contribution in [0.2, 0.25) is 0 Å². The molecule has 0 N–H and O–H groups in total. The van der Waals surface area contributed by atoms with Gasteiger partial charge in [-0.15, -0.1) is 24.8 Å². The van der Waals surface area contributed by atoms with Crippen molar-refractivity contribution < 1.29 is 27.6 Å². The second kappa shape index (κ2) is 5.25. The SMILES string of the molecule is COc1nc(OC(F)(F)F)c(CCl)cc1[N+](=O)[O-]. The first-order valence-corrected chi connectivity index (χ1v) is 4.86. The summed E-state index contributed by atoms with van der Waals surface area (Å²) in [6.45, 7) is 0. The third kappa shape index (κ3) is 3.36. The van der Waals surface area contributed by atoms with E-state index >= 15 is 0 Å². The number of ether oxygens (including phenoxy) is 2. The van der Waals surface area contributed by atoms with Crippen LogP contribution in [-0.4, -0.2) is 23.4 Å². The number of halogens is 4. The predicted molar refractivity (Wildman–Crippen MR) is 53.7 cm³/mol. The molecule has 0 atom stereocenters. The Morgan fingerprint density at radius 1 is 1.50 bits per heavy atom. The highest BCUT2D eigenvalue weighted by atomic mass is 35.5. The highest BCUT2D eigenvalue weighted by molar-refractivity contribution is 6.17. The number of hydrogen-bond acceptors (Lipinski definition) is 5. The largest absolute Gasteiger partial charge is 0.574 e. The van der Waals surface area contributed by atoms with E-state index in [1.54, 1.807) is 0 Å². The summed E-state index contributed by atoms with van der Waals surface area (Å²) in [5.74, 6) is -1.89. The summed E-state index contributed by atoms with van der Waals surface area (Å²) in [7, 11) is 1.03. The van der Waals surface area contributed by atoms with Crippen molar-refractivity contribution in [3.63, 3.8) is 0 Å². The number of nitrogens with zero attached hydrogens (tertiary/aromatic N) is 2. The van der Waals surface area contributed by atoms with E-state index in [1.165, 1.54) is 0 Å². The second-order valence-electron chi connectivity index (χ2n) is 2.92. The Labute approximate surface area is 103 Å². The van der Waals surface area contributed by atoms with Crippen molar-refractivity contribution in [3.8, 4) is 11.8 Å². The van der Waals surface area contributed by atoms with Gasteiger partial charge in [0.25, 0.3) is 5.88 Å². The van der Waals surface area contributed by atoms with Gasteiger partial charge in [0, 0.05) is 11.6 Å². The Morgan fingerprint density at radius 3 is 2.50 bits per heavy atom. The first-order valence-electron chi connectivity index (χ1n) is 4.32. The summed E-state index contributed by atoms with van der Waals surface area (Å²) in [5, 5.41) is 10.6. The molecule has 1 rings (SSSR count). The predicted octanol–water partition coefficient (Wildman–Crippen LogP) is 2.64. The average Bonchev–Trinajstić information content (AvgIpc) is 2.25. The molecule has 0 aliphatic heterocycles. The van der Waals surface area contributed by atoms with E-state index in [4.69, 9.17) is 11.6 Å². The quantitative estimate of drug-likeness (QED) is 0.483. The minimum atomic E-state index is -4.98. The van der Waals surface area contributed by atoms with Gasteiger partial charge in [-0.05, 0) is 0 Å². The van der Waals surface area contributed by atoms with Crippen LogP contribution in [0.3, 0.4) is 0 Å². The van der Waals surface area contributed by atoms with E-state index < -0.39 is 34.6 Å². The summed E-state index contributed by atoms with van der Waals surface area (Å²) in [4.78, 5) is 13.1. The standard InChI is InChI=1S/C8H6ClF3N2O4/c1-17-7-5(14(15)16)2-4(3-9)6(13-7)18-8(10,11)12/h2H,3H2,1H3. The van der Waals surface area contributed by atoms with E-state index in [2.05, 4.69) is 14.5 Å². The van der Waals surface area contributed by atoms with Gasteiger partial charge in [-0.3, -0.25) is 10.1 Å². The van der Waals surface area contributed by atoms with Crippen molar-refractivity contribution in [2.45, 2.75) is 12.2 Å². The summed E-state index contributed by atoms with van der Waals surface area (Å²) in [5.41, 5.74) is -0.857. The van der Waals surface area contributed by atoms with Crippen LogP contribution in [0.5, 0.6) is 11.8 Å². The third-order valence-corrected chi connectivity index (χ3v) is 2.04. The van der Waals surface area contributed by atoms with Gasteiger partial charge in [0.15, 0.2) is 0 Å². The lowest BCUT2D eigenvalue weighted by Gasteiger charge is -2.11. The molecule has 0 aromatic carbocycles. The van der Waals surface area contributed by atoms with Gasteiger partial charge >= 0.3 is 12.0 Å². The number of hydrogen-bond donors (Lipinski definition) is 0. The number of rotatable bonds is 4. The minimum Gasteiger partial charge on any atom is -0.476 e. The van der Waals surface area contributed by atoms with E-state index in [0.717, 1.165) is 13.2 Å². The minimum absolute atomic E-state index is 0.263. The van der Waals surface area contributed by atoms with Crippen molar-refractivity contribution in [2.75, 3.05) is 7.11 Å². The molecule has 18 heavy (non-hydrogen) atoms. The van der Waals surface area contributed by atoms with Gasteiger partial charge in [-0.1, -0.05) is 0 Å². The van der Waals surface area contributed by atoms with Crippen molar-refractivity contribution in [1.29, 1.82) is 0 Å². The Kier molecular flexibility index (Phi) is 4.17. The van der Waals surface area contributed by atoms with Crippen LogP contribution in [0.1, 0.15) is 5.56 Å². The molecular formula is C8H6ClF3N2O4. The van der Waals surface area contributed by atoms with Gasteiger partial charge in [0.2, 0.25) is 5.88 Å². The monoisotopic (exact) mass is 286 g/mol. The lowest BCUT2D eigenvalue weighted by molar-refractivity contribution is -0.386. The Morgan fingerprint density at radius 2 is 2.11 bits per heavy atom. The maximum absolute atomic E-state index is 12.1. The van der Waals surface area contributed by atoms with Crippen molar-refractivity contribution in [3.05, 3.63) is 21.7 Å². The van der Waals surface area contributed by atoms with Crippen LogP contribution in [0.15, 0.2) is 6.07 Å². The Hall–Kier alpha value is -1.77. The number of methoxy groups -OCH3 is 1. The lowest BCUT2D eigenvalue weighted by atomic mass is 10.2. The van der Waals surface area contributed by atoms with E-state index in [-0.39, 0.29) is 5.56 Å². The molecule has 1 aromatic heterocycles. The molecular weight excluding hydrogens is 281 g/mol. The maximum atomic E-state index is 12.1. The van der Waals surface area contributed by atoms with Gasteiger partial charge in [-0.2, -0.15) is 4.98 Å². The highest BCUT2D eigenvalue weighted by Gasteiger charge is 2.34. The molecule has 0 aliphatic rings. The van der Waals surface area contributed by atoms with Gasteiger partial charge in [0.05, 0.1) is 17.9 Å². The zero-order chi connectivity index (χ0) is 13.9. The first kappa shape index (κ1) is 14.3. The molecule has 1 aromatic rings. The Bertz CT molecular complexity index is 466. The maximum Gasteiger partial charge on any atom is 0.574 e. The van der Waals surface area contributed by atoms with Crippen LogP contribution in [-0.2, 0) is 5.88 Å². The van der Waals surface area contributed by atoms with Gasteiger partial charge < -0.3 is 9.47 Å². The number of alkyl halides is 4. The topological polar surface area (TPSA) is 74.5 Å². The fourth-order valence-electron chi connectivity index (χ4n) is 1.08. The summed E-state index contributed by atoms with van der Waals surface area (Å²) < 4.78 is 44.3. The zero-order valence-corrected chi connectivity index (χ0v) is 9.58. The first-order chi connectivity index (χ1) is 8.28. The molecule has 0 saturated heterocycles. The fraction of sp³-hybridized carbons (Fsp3) is 0.375. The third-order valence-electron chi connectivity index (χ3n) is 1.75. The smallest absolute Gasteiger partial charge is 0.476 e. The molecule has 10 heteroatoms. The van der Waals surface area contributed by atoms with Crippen molar-refractivity contribution in [1.82, 2.24) is 4.98 Å². The summed E-state index contributed by atoms with van der Waals surface area (Å²) in [6.07, 6.45) is -4.98. The number of aromatic nitrogens is 1. The molecule has 0 aliphatic carbocycles. The number of nitro groups is 1. The van der Waals surface area contributed by atoms with Crippen LogP contribution in [0.4, 0.5) is 18.9 Å². The summed E-state index contributed by atoms with van der Waals surface area (Å²) >= 11 is 5.38. The molecule has 6 nitrogen and oxygen atoms in total. The average molecular weight is 287 g/mol. The van der Waals surface area contributed by atoms with Crippen LogP contribution < -0.4 is 9.47 Å². The van der Waals surface area contributed by atoms with Gasteiger partial charge in [0.1, 0.15) is 0 Å². The lowest BCUT2D eigenvalue weighted by Crippen LogP contribution is -2.19. The molecule has 1 heterocycles.